The second-order valence-electron chi connectivity index (χ2n) is 6.32. The number of halogens is 1. The lowest BCUT2D eigenvalue weighted by molar-refractivity contribution is 0.0948. The average molecular weight is 388 g/mol. The monoisotopic (exact) mass is 387 g/mol. The van der Waals surface area contributed by atoms with Crippen LogP contribution >= 0.6 is 11.6 Å². The van der Waals surface area contributed by atoms with E-state index in [4.69, 9.17) is 11.6 Å². The summed E-state index contributed by atoms with van der Waals surface area (Å²) in [4.78, 5) is 13.1. The Labute approximate surface area is 168 Å². The highest BCUT2D eigenvalue weighted by Crippen LogP contribution is 2.25. The standard InChI is InChI=1S/C23H18ClN3O/c24-20-14-8-7-13-19(20)23(28)27-22(25-16-17-9-3-1-4-10-17)15-21(26-27)18-11-5-2-6-12-18/h1-15,25H,16H2. The Hall–Kier alpha value is -3.37. The third-order valence-corrected chi connectivity index (χ3v) is 4.72. The highest BCUT2D eigenvalue weighted by molar-refractivity contribution is 6.33. The van der Waals surface area contributed by atoms with Gasteiger partial charge in [0.05, 0.1) is 16.3 Å². The summed E-state index contributed by atoms with van der Waals surface area (Å²) in [6, 6.07) is 28.6. The van der Waals surface area contributed by atoms with Gasteiger partial charge in [-0.05, 0) is 17.7 Å². The number of hydrogen-bond acceptors (Lipinski definition) is 3. The van der Waals surface area contributed by atoms with E-state index in [2.05, 4.69) is 10.4 Å². The molecular formula is C23H18ClN3O. The lowest BCUT2D eigenvalue weighted by atomic mass is 10.1. The molecule has 5 heteroatoms. The van der Waals surface area contributed by atoms with Crippen LogP contribution in [0.15, 0.2) is 91.0 Å². The summed E-state index contributed by atoms with van der Waals surface area (Å²) in [6.45, 7) is 0.580. The molecule has 4 rings (SSSR count). The van der Waals surface area contributed by atoms with Gasteiger partial charge in [0.15, 0.2) is 0 Å². The molecule has 0 spiro atoms. The van der Waals surface area contributed by atoms with Crippen LogP contribution in [0, 0.1) is 0 Å². The highest BCUT2D eigenvalue weighted by atomic mass is 35.5. The molecule has 138 valence electrons. The molecule has 0 bridgehead atoms. The largest absolute Gasteiger partial charge is 0.366 e. The van der Waals surface area contributed by atoms with Gasteiger partial charge in [0.2, 0.25) is 0 Å². The number of carbonyl (C=O) groups is 1. The fraction of sp³-hybridized carbons (Fsp3) is 0.0435. The molecule has 0 aliphatic carbocycles. The molecule has 28 heavy (non-hydrogen) atoms. The number of anilines is 1. The SMILES string of the molecule is O=C(c1ccccc1Cl)n1nc(-c2ccccc2)cc1NCc1ccccc1. The number of benzene rings is 3. The lowest BCUT2D eigenvalue weighted by Gasteiger charge is -2.09. The average Bonchev–Trinajstić information content (AvgIpc) is 3.18. The van der Waals surface area contributed by atoms with Crippen LogP contribution in [0.4, 0.5) is 5.82 Å². The molecule has 0 saturated heterocycles. The van der Waals surface area contributed by atoms with E-state index in [9.17, 15) is 4.79 Å². The van der Waals surface area contributed by atoms with Crippen molar-refractivity contribution in [1.82, 2.24) is 9.78 Å². The van der Waals surface area contributed by atoms with Crippen molar-refractivity contribution in [2.45, 2.75) is 6.54 Å². The maximum absolute atomic E-state index is 13.1. The molecule has 0 aliphatic rings. The fourth-order valence-corrected chi connectivity index (χ4v) is 3.17. The molecule has 0 aliphatic heterocycles. The molecular weight excluding hydrogens is 370 g/mol. The Morgan fingerprint density at radius 2 is 1.54 bits per heavy atom. The molecule has 0 fully saturated rings. The van der Waals surface area contributed by atoms with Gasteiger partial charge in [-0.15, -0.1) is 0 Å². The lowest BCUT2D eigenvalue weighted by Crippen LogP contribution is -2.17. The van der Waals surface area contributed by atoms with E-state index < -0.39 is 0 Å². The maximum Gasteiger partial charge on any atom is 0.281 e. The first kappa shape index (κ1) is 18.0. The topological polar surface area (TPSA) is 46.9 Å². The summed E-state index contributed by atoms with van der Waals surface area (Å²) >= 11 is 6.24. The predicted molar refractivity (Wildman–Crippen MR) is 113 cm³/mol. The first-order chi connectivity index (χ1) is 13.7. The minimum absolute atomic E-state index is 0.275. The molecule has 0 radical (unpaired) electrons. The van der Waals surface area contributed by atoms with Crippen LogP contribution in [0.3, 0.4) is 0 Å². The van der Waals surface area contributed by atoms with E-state index in [1.165, 1.54) is 4.68 Å². The Bertz CT molecular complexity index is 1090. The van der Waals surface area contributed by atoms with Crippen LogP contribution in [-0.2, 0) is 6.54 Å². The van der Waals surface area contributed by atoms with Crippen molar-refractivity contribution in [3.8, 4) is 11.3 Å². The minimum atomic E-state index is -0.275. The van der Waals surface area contributed by atoms with Gasteiger partial charge in [-0.1, -0.05) is 84.4 Å². The predicted octanol–water partition coefficient (Wildman–Crippen LogP) is 5.50. The quantitative estimate of drug-likeness (QED) is 0.491. The molecule has 4 nitrogen and oxygen atoms in total. The summed E-state index contributed by atoms with van der Waals surface area (Å²) in [5.41, 5.74) is 3.18. The third kappa shape index (κ3) is 3.82. The van der Waals surface area contributed by atoms with Crippen molar-refractivity contribution < 1.29 is 4.79 Å². The van der Waals surface area contributed by atoms with Crippen LogP contribution in [0.25, 0.3) is 11.3 Å². The van der Waals surface area contributed by atoms with Crippen molar-refractivity contribution in [2.24, 2.45) is 0 Å². The first-order valence-corrected chi connectivity index (χ1v) is 9.33. The van der Waals surface area contributed by atoms with Gasteiger partial charge in [0.25, 0.3) is 5.91 Å². The minimum Gasteiger partial charge on any atom is -0.366 e. The highest BCUT2D eigenvalue weighted by Gasteiger charge is 2.19. The number of carbonyl (C=O) groups excluding carboxylic acids is 1. The maximum atomic E-state index is 13.1. The van der Waals surface area contributed by atoms with Crippen LogP contribution in [-0.4, -0.2) is 15.7 Å². The second kappa shape index (κ2) is 8.11. The van der Waals surface area contributed by atoms with Crippen LogP contribution in [0.1, 0.15) is 15.9 Å². The molecule has 1 aromatic heterocycles. The van der Waals surface area contributed by atoms with Gasteiger partial charge in [0.1, 0.15) is 5.82 Å². The van der Waals surface area contributed by atoms with E-state index >= 15 is 0 Å². The number of nitrogens with one attached hydrogen (secondary N) is 1. The summed E-state index contributed by atoms with van der Waals surface area (Å²) in [5, 5.41) is 8.28. The Morgan fingerprint density at radius 3 is 2.25 bits per heavy atom. The molecule has 3 aromatic carbocycles. The second-order valence-corrected chi connectivity index (χ2v) is 6.72. The molecule has 1 heterocycles. The molecule has 4 aromatic rings. The zero-order valence-corrected chi connectivity index (χ0v) is 15.8. The van der Waals surface area contributed by atoms with E-state index in [1.54, 1.807) is 24.3 Å². The number of nitrogens with zero attached hydrogens (tertiary/aromatic N) is 2. The zero-order valence-electron chi connectivity index (χ0n) is 15.0. The van der Waals surface area contributed by atoms with E-state index in [1.807, 2.05) is 66.7 Å². The third-order valence-electron chi connectivity index (χ3n) is 4.39. The van der Waals surface area contributed by atoms with E-state index in [0.717, 1.165) is 16.8 Å². The molecule has 0 amide bonds. The van der Waals surface area contributed by atoms with Gasteiger partial charge in [-0.3, -0.25) is 4.79 Å². The number of hydrogen-bond donors (Lipinski definition) is 1. The molecule has 0 atom stereocenters. The van der Waals surface area contributed by atoms with Gasteiger partial charge in [-0.2, -0.15) is 9.78 Å². The Balaban J connectivity index is 1.71. The summed E-state index contributed by atoms with van der Waals surface area (Å²) < 4.78 is 1.38. The van der Waals surface area contributed by atoms with E-state index in [-0.39, 0.29) is 5.91 Å². The molecule has 1 N–H and O–H groups in total. The summed E-state index contributed by atoms with van der Waals surface area (Å²) in [7, 11) is 0. The summed E-state index contributed by atoms with van der Waals surface area (Å²) in [5.74, 6) is 0.343. The van der Waals surface area contributed by atoms with Crippen molar-refractivity contribution in [1.29, 1.82) is 0 Å². The Morgan fingerprint density at radius 1 is 0.893 bits per heavy atom. The number of rotatable bonds is 5. The van der Waals surface area contributed by atoms with Crippen LogP contribution < -0.4 is 5.32 Å². The van der Waals surface area contributed by atoms with Crippen molar-refractivity contribution in [2.75, 3.05) is 5.32 Å². The van der Waals surface area contributed by atoms with Crippen molar-refractivity contribution in [3.05, 3.63) is 107 Å². The van der Waals surface area contributed by atoms with Gasteiger partial charge < -0.3 is 5.32 Å². The zero-order chi connectivity index (χ0) is 19.3. The van der Waals surface area contributed by atoms with Crippen molar-refractivity contribution in [3.63, 3.8) is 0 Å². The van der Waals surface area contributed by atoms with Gasteiger partial charge in [-0.25, -0.2) is 0 Å². The van der Waals surface area contributed by atoms with Gasteiger partial charge >= 0.3 is 0 Å². The number of aromatic nitrogens is 2. The smallest absolute Gasteiger partial charge is 0.281 e. The Kier molecular flexibility index (Phi) is 5.22. The molecule has 0 unspecified atom stereocenters. The summed E-state index contributed by atoms with van der Waals surface area (Å²) in [6.07, 6.45) is 0. The van der Waals surface area contributed by atoms with E-state index in [0.29, 0.717) is 22.9 Å². The van der Waals surface area contributed by atoms with Crippen LogP contribution in [0.2, 0.25) is 5.02 Å². The van der Waals surface area contributed by atoms with Crippen LogP contribution in [0.5, 0.6) is 0 Å². The van der Waals surface area contributed by atoms with Gasteiger partial charge in [0, 0.05) is 18.2 Å². The fourth-order valence-electron chi connectivity index (χ4n) is 2.95. The van der Waals surface area contributed by atoms with Crippen molar-refractivity contribution >= 4 is 23.3 Å². The normalized spacial score (nSPS) is 10.6. The first-order valence-electron chi connectivity index (χ1n) is 8.95. The molecule has 0 saturated carbocycles.